The van der Waals surface area contributed by atoms with E-state index in [0.717, 1.165) is 29.1 Å². The second kappa shape index (κ2) is 6.98. The Morgan fingerprint density at radius 3 is 2.59 bits per heavy atom. The summed E-state index contributed by atoms with van der Waals surface area (Å²) < 4.78 is 38.3. The molecule has 2 aromatic rings. The number of thioether (sulfide) groups is 1. The van der Waals surface area contributed by atoms with Gasteiger partial charge in [-0.25, -0.2) is 0 Å². The fraction of sp³-hybridized carbons (Fsp3) is 0.474. The molecule has 2 N–H and O–H groups in total. The summed E-state index contributed by atoms with van der Waals surface area (Å²) in [5.41, 5.74) is 0.535. The van der Waals surface area contributed by atoms with E-state index in [2.05, 4.69) is 15.5 Å². The van der Waals surface area contributed by atoms with Crippen molar-refractivity contribution in [1.29, 1.82) is 0 Å². The van der Waals surface area contributed by atoms with Crippen molar-refractivity contribution < 1.29 is 18.3 Å². The number of nitrogens with zero attached hydrogens (tertiary/aromatic N) is 2. The van der Waals surface area contributed by atoms with Gasteiger partial charge in [0.25, 0.3) is 0 Å². The normalized spacial score (nSPS) is 25.0. The van der Waals surface area contributed by atoms with Gasteiger partial charge in [-0.15, -0.1) is 10.2 Å². The Hall–Kier alpha value is -1.80. The minimum Gasteiger partial charge on any atom is -0.507 e. The maximum Gasteiger partial charge on any atom is 0.416 e. The minimum absolute atomic E-state index is 0.252. The SMILES string of the molecule is Cc1cc(S[C@@H]2CC[C@@H]3CC[C@H]2N3)nnc1-c1ccc(C(F)(F)F)cc1O. The number of hydrogen-bond donors (Lipinski definition) is 2. The topological polar surface area (TPSA) is 58.0 Å². The van der Waals surface area contributed by atoms with E-state index < -0.39 is 17.5 Å². The van der Waals surface area contributed by atoms with Gasteiger partial charge >= 0.3 is 6.18 Å². The third kappa shape index (κ3) is 3.78. The number of alkyl halides is 3. The molecule has 1 aromatic heterocycles. The van der Waals surface area contributed by atoms with Crippen LogP contribution in [0.15, 0.2) is 29.3 Å². The van der Waals surface area contributed by atoms with E-state index in [1.165, 1.54) is 25.3 Å². The van der Waals surface area contributed by atoms with Crippen LogP contribution in [0.25, 0.3) is 11.3 Å². The number of halogens is 3. The Kier molecular flexibility index (Phi) is 4.80. The van der Waals surface area contributed by atoms with Crippen LogP contribution in [0.1, 0.15) is 36.8 Å². The largest absolute Gasteiger partial charge is 0.507 e. The van der Waals surface area contributed by atoms with Gasteiger partial charge in [0.2, 0.25) is 0 Å². The quantitative estimate of drug-likeness (QED) is 0.798. The van der Waals surface area contributed by atoms with Crippen molar-refractivity contribution in [3.63, 3.8) is 0 Å². The van der Waals surface area contributed by atoms with Crippen LogP contribution in [0.3, 0.4) is 0 Å². The maximum absolute atomic E-state index is 12.8. The standard InChI is InChI=1S/C19H20F3N3OS/c1-10-8-17(27-16-7-4-12-3-6-14(16)23-12)24-25-18(10)13-5-2-11(9-15(13)26)19(20,21)22/h2,5,8-9,12,14,16,23,26H,3-4,6-7H2,1H3/t12-,14+,16+/m0/s1. The molecule has 8 heteroatoms. The van der Waals surface area contributed by atoms with Crippen LogP contribution in [0, 0.1) is 6.92 Å². The number of hydrogen-bond acceptors (Lipinski definition) is 5. The second-order valence-electron chi connectivity index (χ2n) is 7.22. The fourth-order valence-electron chi connectivity index (χ4n) is 3.93. The van der Waals surface area contributed by atoms with E-state index in [-0.39, 0.29) is 5.56 Å². The summed E-state index contributed by atoms with van der Waals surface area (Å²) >= 11 is 1.70. The Labute approximate surface area is 159 Å². The molecule has 2 aliphatic heterocycles. The van der Waals surface area contributed by atoms with Crippen LogP contribution < -0.4 is 5.32 Å². The molecule has 3 heterocycles. The number of benzene rings is 1. The minimum atomic E-state index is -4.50. The first-order chi connectivity index (χ1) is 12.8. The molecular formula is C19H20F3N3OS. The van der Waals surface area contributed by atoms with Gasteiger partial charge in [0.15, 0.2) is 0 Å². The van der Waals surface area contributed by atoms with Gasteiger partial charge in [-0.2, -0.15) is 13.2 Å². The lowest BCUT2D eigenvalue weighted by atomic mass is 10.0. The average molecular weight is 395 g/mol. The number of fused-ring (bicyclic) bond motifs is 2. The highest BCUT2D eigenvalue weighted by Gasteiger charge is 2.36. The molecule has 1 aromatic carbocycles. The summed E-state index contributed by atoms with van der Waals surface area (Å²) in [5.74, 6) is -0.448. The molecule has 2 fully saturated rings. The predicted octanol–water partition coefficient (Wildman–Crippen LogP) is 4.55. The fourth-order valence-corrected chi connectivity index (χ4v) is 5.20. The third-order valence-electron chi connectivity index (χ3n) is 5.34. The van der Waals surface area contributed by atoms with Crippen molar-refractivity contribution in [2.45, 2.75) is 61.1 Å². The molecule has 0 saturated carbocycles. The van der Waals surface area contributed by atoms with Gasteiger partial charge in [-0.3, -0.25) is 0 Å². The monoisotopic (exact) mass is 395 g/mol. The Bertz CT molecular complexity index is 859. The smallest absolute Gasteiger partial charge is 0.416 e. The van der Waals surface area contributed by atoms with Crippen LogP contribution in [0.5, 0.6) is 5.75 Å². The van der Waals surface area contributed by atoms with Gasteiger partial charge in [0.05, 0.1) is 11.3 Å². The highest BCUT2D eigenvalue weighted by atomic mass is 32.2. The Balaban J connectivity index is 1.55. The molecule has 4 rings (SSSR count). The van der Waals surface area contributed by atoms with Gasteiger partial charge in [-0.05, 0) is 62.4 Å². The first kappa shape index (κ1) is 18.6. The summed E-state index contributed by atoms with van der Waals surface area (Å²) in [6, 6.07) is 5.97. The average Bonchev–Trinajstić information content (AvgIpc) is 3.00. The number of aromatic hydroxyl groups is 1. The van der Waals surface area contributed by atoms with Gasteiger partial charge in [0, 0.05) is 22.9 Å². The van der Waals surface area contributed by atoms with Crippen LogP contribution >= 0.6 is 11.8 Å². The van der Waals surface area contributed by atoms with E-state index in [4.69, 9.17) is 0 Å². The molecular weight excluding hydrogens is 375 g/mol. The van der Waals surface area contributed by atoms with E-state index in [1.54, 1.807) is 11.8 Å². The van der Waals surface area contributed by atoms with E-state index in [1.807, 2.05) is 13.0 Å². The van der Waals surface area contributed by atoms with E-state index in [0.29, 0.717) is 23.0 Å². The Morgan fingerprint density at radius 1 is 1.11 bits per heavy atom. The number of aryl methyl sites for hydroxylation is 1. The molecule has 2 bridgehead atoms. The highest BCUT2D eigenvalue weighted by Crippen LogP contribution is 2.39. The molecule has 144 valence electrons. The number of phenolic OH excluding ortho intramolecular Hbond substituents is 1. The summed E-state index contributed by atoms with van der Waals surface area (Å²) in [6.45, 7) is 1.83. The summed E-state index contributed by atoms with van der Waals surface area (Å²) in [6.07, 6.45) is 0.253. The molecule has 4 nitrogen and oxygen atoms in total. The third-order valence-corrected chi connectivity index (χ3v) is 6.65. The molecule has 0 spiro atoms. The lowest BCUT2D eigenvalue weighted by molar-refractivity contribution is -0.137. The molecule has 0 radical (unpaired) electrons. The lowest BCUT2D eigenvalue weighted by Crippen LogP contribution is -2.42. The molecule has 27 heavy (non-hydrogen) atoms. The zero-order chi connectivity index (χ0) is 19.2. The zero-order valence-electron chi connectivity index (χ0n) is 14.8. The molecule has 0 unspecified atom stereocenters. The summed E-state index contributed by atoms with van der Waals surface area (Å²) in [7, 11) is 0. The number of piperidine rings is 1. The van der Waals surface area contributed by atoms with Crippen molar-refractivity contribution in [2.24, 2.45) is 0 Å². The van der Waals surface area contributed by atoms with Gasteiger partial charge < -0.3 is 10.4 Å². The summed E-state index contributed by atoms with van der Waals surface area (Å²) in [4.78, 5) is 0. The van der Waals surface area contributed by atoms with Crippen molar-refractivity contribution >= 4 is 11.8 Å². The van der Waals surface area contributed by atoms with Crippen molar-refractivity contribution in [2.75, 3.05) is 0 Å². The lowest BCUT2D eigenvalue weighted by Gasteiger charge is -2.29. The first-order valence-electron chi connectivity index (χ1n) is 8.99. The van der Waals surface area contributed by atoms with Gasteiger partial charge in [-0.1, -0.05) is 11.8 Å². The van der Waals surface area contributed by atoms with Crippen LogP contribution in [0.4, 0.5) is 13.2 Å². The molecule has 2 saturated heterocycles. The van der Waals surface area contributed by atoms with Crippen LogP contribution in [0.2, 0.25) is 0 Å². The molecule has 3 atom stereocenters. The molecule has 0 amide bonds. The number of aromatic nitrogens is 2. The van der Waals surface area contributed by atoms with Crippen molar-refractivity contribution in [1.82, 2.24) is 15.5 Å². The second-order valence-corrected chi connectivity index (χ2v) is 8.48. The van der Waals surface area contributed by atoms with Crippen molar-refractivity contribution in [3.8, 4) is 17.0 Å². The summed E-state index contributed by atoms with van der Waals surface area (Å²) in [5, 5.41) is 23.4. The molecule has 0 aliphatic carbocycles. The Morgan fingerprint density at radius 2 is 1.89 bits per heavy atom. The predicted molar refractivity (Wildman–Crippen MR) is 97.7 cm³/mol. The first-order valence-corrected chi connectivity index (χ1v) is 9.87. The maximum atomic E-state index is 12.8. The van der Waals surface area contributed by atoms with E-state index >= 15 is 0 Å². The number of phenols is 1. The zero-order valence-corrected chi connectivity index (χ0v) is 15.6. The van der Waals surface area contributed by atoms with E-state index in [9.17, 15) is 18.3 Å². The number of rotatable bonds is 3. The van der Waals surface area contributed by atoms with Gasteiger partial charge in [0.1, 0.15) is 10.8 Å². The van der Waals surface area contributed by atoms with Crippen molar-refractivity contribution in [3.05, 3.63) is 35.4 Å². The highest BCUT2D eigenvalue weighted by molar-refractivity contribution is 7.99. The number of nitrogens with one attached hydrogen (secondary N) is 1. The van der Waals surface area contributed by atoms with Crippen LogP contribution in [-0.4, -0.2) is 32.6 Å². The van der Waals surface area contributed by atoms with Crippen LogP contribution in [-0.2, 0) is 6.18 Å². The molecule has 2 aliphatic rings.